The number of rotatable bonds is 3. The van der Waals surface area contributed by atoms with Gasteiger partial charge in [-0.3, -0.25) is 0 Å². The standard InChI is InChI=1S/C17H15N/c1-2-7-14(8-3-1)9-6-10-15-13-18-17-12-5-4-11-16(15)17/h1-8,10-13,18H,9H2. The first-order chi connectivity index (χ1) is 8.93. The second-order valence-electron chi connectivity index (χ2n) is 4.38. The Morgan fingerprint density at radius 2 is 1.67 bits per heavy atom. The van der Waals surface area contributed by atoms with Crippen LogP contribution >= 0.6 is 0 Å². The van der Waals surface area contributed by atoms with Crippen molar-refractivity contribution < 1.29 is 0 Å². The number of aromatic amines is 1. The molecule has 1 N–H and O–H groups in total. The zero-order valence-corrected chi connectivity index (χ0v) is 10.1. The lowest BCUT2D eigenvalue weighted by Gasteiger charge is -1.94. The predicted octanol–water partition coefficient (Wildman–Crippen LogP) is 4.42. The summed E-state index contributed by atoms with van der Waals surface area (Å²) >= 11 is 0. The third-order valence-electron chi connectivity index (χ3n) is 3.12. The molecule has 0 aliphatic rings. The Hall–Kier alpha value is -2.28. The topological polar surface area (TPSA) is 15.8 Å². The number of hydrogen-bond acceptors (Lipinski definition) is 0. The second-order valence-corrected chi connectivity index (χ2v) is 4.38. The molecule has 0 saturated heterocycles. The highest BCUT2D eigenvalue weighted by Crippen LogP contribution is 2.19. The number of H-pyrrole nitrogens is 1. The van der Waals surface area contributed by atoms with Crippen LogP contribution in [0.4, 0.5) is 0 Å². The van der Waals surface area contributed by atoms with Gasteiger partial charge in [0, 0.05) is 17.1 Å². The maximum atomic E-state index is 3.29. The van der Waals surface area contributed by atoms with Gasteiger partial charge < -0.3 is 4.98 Å². The molecule has 0 fully saturated rings. The van der Waals surface area contributed by atoms with Crippen molar-refractivity contribution in [3.8, 4) is 0 Å². The van der Waals surface area contributed by atoms with E-state index < -0.39 is 0 Å². The van der Waals surface area contributed by atoms with Crippen molar-refractivity contribution in [1.29, 1.82) is 0 Å². The van der Waals surface area contributed by atoms with Crippen LogP contribution in [0.1, 0.15) is 11.1 Å². The molecular formula is C17H15N. The first-order valence-electron chi connectivity index (χ1n) is 6.20. The number of hydrogen-bond donors (Lipinski definition) is 1. The molecule has 1 heterocycles. The van der Waals surface area contributed by atoms with Crippen molar-refractivity contribution in [2.24, 2.45) is 0 Å². The highest BCUT2D eigenvalue weighted by molar-refractivity contribution is 5.88. The zero-order valence-electron chi connectivity index (χ0n) is 10.1. The third-order valence-corrected chi connectivity index (χ3v) is 3.12. The third kappa shape index (κ3) is 2.21. The molecule has 0 aliphatic carbocycles. The lowest BCUT2D eigenvalue weighted by Crippen LogP contribution is -1.78. The molecule has 0 atom stereocenters. The fourth-order valence-electron chi connectivity index (χ4n) is 2.17. The molecule has 0 saturated carbocycles. The van der Waals surface area contributed by atoms with E-state index in [9.17, 15) is 0 Å². The molecule has 0 bridgehead atoms. The Labute approximate surface area is 107 Å². The zero-order chi connectivity index (χ0) is 12.2. The second kappa shape index (κ2) is 4.92. The van der Waals surface area contributed by atoms with E-state index in [0.717, 1.165) is 6.42 Å². The number of allylic oxidation sites excluding steroid dienone is 1. The van der Waals surface area contributed by atoms with Crippen LogP contribution < -0.4 is 0 Å². The fraction of sp³-hybridized carbons (Fsp3) is 0.0588. The van der Waals surface area contributed by atoms with Gasteiger partial charge in [0.05, 0.1) is 0 Å². The highest BCUT2D eigenvalue weighted by Gasteiger charge is 1.98. The minimum atomic E-state index is 0.973. The van der Waals surface area contributed by atoms with Crippen LogP contribution in [0.15, 0.2) is 66.9 Å². The Kier molecular flexibility index (Phi) is 2.97. The minimum absolute atomic E-state index is 0.973. The Balaban J connectivity index is 1.80. The Morgan fingerprint density at radius 3 is 2.56 bits per heavy atom. The molecule has 0 amide bonds. The molecule has 1 aromatic heterocycles. The normalized spacial score (nSPS) is 11.3. The van der Waals surface area contributed by atoms with Gasteiger partial charge in [0.25, 0.3) is 0 Å². The van der Waals surface area contributed by atoms with Gasteiger partial charge in [-0.2, -0.15) is 0 Å². The summed E-state index contributed by atoms with van der Waals surface area (Å²) in [5.41, 5.74) is 3.78. The monoisotopic (exact) mass is 233 g/mol. The Bertz CT molecular complexity index is 662. The van der Waals surface area contributed by atoms with Crippen molar-refractivity contribution >= 4 is 17.0 Å². The van der Waals surface area contributed by atoms with Crippen LogP contribution in [0.5, 0.6) is 0 Å². The maximum absolute atomic E-state index is 3.29. The SMILES string of the molecule is C(=Cc1c[nH]c2ccccc12)Cc1ccccc1. The van der Waals surface area contributed by atoms with Gasteiger partial charge in [-0.25, -0.2) is 0 Å². The fourth-order valence-corrected chi connectivity index (χ4v) is 2.17. The smallest absolute Gasteiger partial charge is 0.0460 e. The molecule has 3 rings (SSSR count). The van der Waals surface area contributed by atoms with Gasteiger partial charge >= 0.3 is 0 Å². The molecule has 0 radical (unpaired) electrons. The van der Waals surface area contributed by atoms with Crippen molar-refractivity contribution in [3.05, 3.63) is 78.0 Å². The van der Waals surface area contributed by atoms with Crippen LogP contribution in [0.3, 0.4) is 0 Å². The molecule has 1 nitrogen and oxygen atoms in total. The summed E-state index contributed by atoms with van der Waals surface area (Å²) < 4.78 is 0. The molecule has 2 aromatic carbocycles. The molecule has 0 aliphatic heterocycles. The summed E-state index contributed by atoms with van der Waals surface area (Å²) in [6, 6.07) is 18.9. The quantitative estimate of drug-likeness (QED) is 0.689. The lowest BCUT2D eigenvalue weighted by atomic mass is 10.1. The highest BCUT2D eigenvalue weighted by atomic mass is 14.7. The predicted molar refractivity (Wildman–Crippen MR) is 77.5 cm³/mol. The van der Waals surface area contributed by atoms with E-state index in [1.165, 1.54) is 22.0 Å². The van der Waals surface area contributed by atoms with E-state index in [1.807, 2.05) is 6.07 Å². The van der Waals surface area contributed by atoms with E-state index in [1.54, 1.807) is 0 Å². The number of nitrogens with one attached hydrogen (secondary N) is 1. The largest absolute Gasteiger partial charge is 0.361 e. The Morgan fingerprint density at radius 1 is 0.889 bits per heavy atom. The van der Waals surface area contributed by atoms with Gasteiger partial charge in [0.1, 0.15) is 0 Å². The van der Waals surface area contributed by atoms with Crippen molar-refractivity contribution in [1.82, 2.24) is 4.98 Å². The van der Waals surface area contributed by atoms with E-state index in [4.69, 9.17) is 0 Å². The van der Waals surface area contributed by atoms with E-state index in [0.29, 0.717) is 0 Å². The summed E-state index contributed by atoms with van der Waals surface area (Å²) in [6.45, 7) is 0. The summed E-state index contributed by atoms with van der Waals surface area (Å²) in [4.78, 5) is 3.29. The maximum Gasteiger partial charge on any atom is 0.0460 e. The number of fused-ring (bicyclic) bond motifs is 1. The lowest BCUT2D eigenvalue weighted by molar-refractivity contribution is 1.28. The van der Waals surface area contributed by atoms with Crippen LogP contribution in [-0.4, -0.2) is 4.98 Å². The van der Waals surface area contributed by atoms with E-state index >= 15 is 0 Å². The van der Waals surface area contributed by atoms with Gasteiger partial charge in [-0.05, 0) is 23.6 Å². The van der Waals surface area contributed by atoms with Gasteiger partial charge in [0.15, 0.2) is 0 Å². The first kappa shape index (κ1) is 10.8. The molecule has 88 valence electrons. The summed E-state index contributed by atoms with van der Waals surface area (Å²) in [7, 11) is 0. The molecule has 0 unspecified atom stereocenters. The van der Waals surface area contributed by atoms with Crippen molar-refractivity contribution in [3.63, 3.8) is 0 Å². The summed E-state index contributed by atoms with van der Waals surface area (Å²) in [6.07, 6.45) is 7.43. The van der Waals surface area contributed by atoms with Crippen LogP contribution in [0, 0.1) is 0 Å². The van der Waals surface area contributed by atoms with Crippen molar-refractivity contribution in [2.75, 3.05) is 0 Å². The molecule has 0 spiro atoms. The van der Waals surface area contributed by atoms with Gasteiger partial charge in [-0.15, -0.1) is 0 Å². The summed E-state index contributed by atoms with van der Waals surface area (Å²) in [5.74, 6) is 0. The van der Waals surface area contributed by atoms with Crippen LogP contribution in [0.25, 0.3) is 17.0 Å². The van der Waals surface area contributed by atoms with Crippen LogP contribution in [0.2, 0.25) is 0 Å². The van der Waals surface area contributed by atoms with Crippen molar-refractivity contribution in [2.45, 2.75) is 6.42 Å². The first-order valence-corrected chi connectivity index (χ1v) is 6.20. The number of benzene rings is 2. The molecular weight excluding hydrogens is 218 g/mol. The summed E-state index contributed by atoms with van der Waals surface area (Å²) in [5, 5.41) is 1.28. The van der Waals surface area contributed by atoms with E-state index in [-0.39, 0.29) is 0 Å². The average molecular weight is 233 g/mol. The number of aromatic nitrogens is 1. The average Bonchev–Trinajstić information content (AvgIpc) is 2.84. The molecule has 1 heteroatoms. The minimum Gasteiger partial charge on any atom is -0.361 e. The number of para-hydroxylation sites is 1. The molecule has 18 heavy (non-hydrogen) atoms. The van der Waals surface area contributed by atoms with Gasteiger partial charge in [0.2, 0.25) is 0 Å². The van der Waals surface area contributed by atoms with Crippen LogP contribution in [-0.2, 0) is 6.42 Å². The molecule has 3 aromatic rings. The van der Waals surface area contributed by atoms with Gasteiger partial charge in [-0.1, -0.05) is 60.7 Å². The van der Waals surface area contributed by atoms with E-state index in [2.05, 4.69) is 71.9 Å².